The number of carbonyl (C=O) groups is 1. The van der Waals surface area contributed by atoms with Gasteiger partial charge in [0, 0.05) is 6.54 Å². The predicted octanol–water partition coefficient (Wildman–Crippen LogP) is 5.59. The van der Waals surface area contributed by atoms with E-state index in [0.29, 0.717) is 12.5 Å². The lowest BCUT2D eigenvalue weighted by Crippen LogP contribution is -2.27. The molecule has 0 rings (SSSR count). The van der Waals surface area contributed by atoms with Gasteiger partial charge in [-0.1, -0.05) is 78.1 Å². The molecule has 0 spiro atoms. The molecule has 0 saturated heterocycles. The van der Waals surface area contributed by atoms with Crippen molar-refractivity contribution in [2.24, 2.45) is 5.92 Å². The van der Waals surface area contributed by atoms with Crippen LogP contribution in [0.4, 0.5) is 4.79 Å². The van der Waals surface area contributed by atoms with Crippen LogP contribution in [0.1, 0.15) is 90.9 Å². The number of nitrogens with one attached hydrogen (secondary N) is 1. The van der Waals surface area contributed by atoms with Crippen LogP contribution in [0.5, 0.6) is 0 Å². The minimum Gasteiger partial charge on any atom is -0.465 e. The molecule has 20 heavy (non-hydrogen) atoms. The molecule has 2 N–H and O–H groups in total. The van der Waals surface area contributed by atoms with Crippen molar-refractivity contribution >= 4 is 6.09 Å². The fraction of sp³-hybridized carbons (Fsp3) is 0.941. The van der Waals surface area contributed by atoms with Crippen molar-refractivity contribution in [1.29, 1.82) is 0 Å². The number of carboxylic acid groups (broad SMARTS) is 1. The first-order valence-corrected chi connectivity index (χ1v) is 8.67. The average Bonchev–Trinajstić information content (AvgIpc) is 2.43. The van der Waals surface area contributed by atoms with Gasteiger partial charge >= 0.3 is 6.09 Å². The molecule has 1 unspecified atom stereocenters. The van der Waals surface area contributed by atoms with Crippen LogP contribution >= 0.6 is 0 Å². The third kappa shape index (κ3) is 13.7. The second-order valence-electron chi connectivity index (χ2n) is 5.96. The Hall–Kier alpha value is -0.730. The first-order chi connectivity index (χ1) is 9.70. The molecular formula is C17H35NO2. The van der Waals surface area contributed by atoms with Crippen LogP contribution in [0.3, 0.4) is 0 Å². The summed E-state index contributed by atoms with van der Waals surface area (Å²) in [5.41, 5.74) is 0. The van der Waals surface area contributed by atoms with Gasteiger partial charge in [0.25, 0.3) is 0 Å². The second kappa shape index (κ2) is 14.7. The molecule has 0 radical (unpaired) electrons. The Kier molecular flexibility index (Phi) is 14.1. The maximum Gasteiger partial charge on any atom is 0.404 e. The molecule has 1 atom stereocenters. The molecule has 0 aliphatic heterocycles. The van der Waals surface area contributed by atoms with E-state index in [4.69, 9.17) is 5.11 Å². The summed E-state index contributed by atoms with van der Waals surface area (Å²) in [5, 5.41) is 11.3. The number of hydrogen-bond acceptors (Lipinski definition) is 1. The highest BCUT2D eigenvalue weighted by molar-refractivity contribution is 5.64. The van der Waals surface area contributed by atoms with Crippen LogP contribution in [0.25, 0.3) is 0 Å². The van der Waals surface area contributed by atoms with Crippen LogP contribution < -0.4 is 5.32 Å². The molecule has 0 fully saturated rings. The van der Waals surface area contributed by atoms with Gasteiger partial charge in [0.1, 0.15) is 0 Å². The second-order valence-corrected chi connectivity index (χ2v) is 5.96. The molecule has 1 amide bonds. The Labute approximate surface area is 125 Å². The van der Waals surface area contributed by atoms with Gasteiger partial charge in [0.15, 0.2) is 0 Å². The van der Waals surface area contributed by atoms with Crippen LogP contribution in [-0.4, -0.2) is 17.7 Å². The summed E-state index contributed by atoms with van der Waals surface area (Å²) in [7, 11) is 0. The van der Waals surface area contributed by atoms with Crippen molar-refractivity contribution in [3.63, 3.8) is 0 Å². The van der Waals surface area contributed by atoms with E-state index >= 15 is 0 Å². The van der Waals surface area contributed by atoms with Gasteiger partial charge in [-0.3, -0.25) is 0 Å². The van der Waals surface area contributed by atoms with Gasteiger partial charge in [-0.25, -0.2) is 4.79 Å². The standard InChI is InChI=1S/C17H35NO2/c1-3-5-7-9-10-12-14-16(15-18-17(19)20)13-11-8-6-4-2/h16,18H,3-15H2,1-2H3,(H,19,20). The molecule has 0 aromatic heterocycles. The van der Waals surface area contributed by atoms with Crippen molar-refractivity contribution in [3.05, 3.63) is 0 Å². The average molecular weight is 285 g/mol. The van der Waals surface area contributed by atoms with Crippen molar-refractivity contribution in [3.8, 4) is 0 Å². The highest BCUT2D eigenvalue weighted by Crippen LogP contribution is 2.18. The molecule has 0 saturated carbocycles. The number of hydrogen-bond donors (Lipinski definition) is 2. The number of unbranched alkanes of at least 4 members (excludes halogenated alkanes) is 8. The smallest absolute Gasteiger partial charge is 0.404 e. The lowest BCUT2D eigenvalue weighted by atomic mass is 9.94. The van der Waals surface area contributed by atoms with E-state index in [1.165, 1.54) is 77.0 Å². The Bertz CT molecular complexity index is 219. The van der Waals surface area contributed by atoms with Crippen molar-refractivity contribution < 1.29 is 9.90 Å². The largest absolute Gasteiger partial charge is 0.465 e. The highest BCUT2D eigenvalue weighted by Gasteiger charge is 2.09. The molecule has 0 aromatic rings. The third-order valence-corrected chi connectivity index (χ3v) is 3.97. The first-order valence-electron chi connectivity index (χ1n) is 8.67. The lowest BCUT2D eigenvalue weighted by molar-refractivity contribution is 0.191. The first kappa shape index (κ1) is 19.3. The zero-order valence-electron chi connectivity index (χ0n) is 13.6. The summed E-state index contributed by atoms with van der Waals surface area (Å²) in [6, 6.07) is 0. The maximum atomic E-state index is 10.6. The van der Waals surface area contributed by atoms with E-state index in [9.17, 15) is 4.79 Å². The Balaban J connectivity index is 3.71. The Morgan fingerprint density at radius 2 is 1.30 bits per heavy atom. The van der Waals surface area contributed by atoms with E-state index < -0.39 is 6.09 Å². The van der Waals surface area contributed by atoms with Gasteiger partial charge in [-0.15, -0.1) is 0 Å². The highest BCUT2D eigenvalue weighted by atomic mass is 16.4. The van der Waals surface area contributed by atoms with Crippen LogP contribution in [-0.2, 0) is 0 Å². The summed E-state index contributed by atoms with van der Waals surface area (Å²) >= 11 is 0. The summed E-state index contributed by atoms with van der Waals surface area (Å²) < 4.78 is 0. The van der Waals surface area contributed by atoms with Crippen molar-refractivity contribution in [2.45, 2.75) is 90.9 Å². The zero-order valence-corrected chi connectivity index (χ0v) is 13.6. The molecule has 0 aliphatic rings. The summed E-state index contributed by atoms with van der Waals surface area (Å²) in [6.45, 7) is 5.10. The van der Waals surface area contributed by atoms with E-state index in [0.717, 1.165) is 0 Å². The van der Waals surface area contributed by atoms with Crippen LogP contribution in [0.15, 0.2) is 0 Å². The molecule has 0 aliphatic carbocycles. The van der Waals surface area contributed by atoms with Crippen molar-refractivity contribution in [1.82, 2.24) is 5.32 Å². The summed E-state index contributed by atoms with van der Waals surface area (Å²) in [4.78, 5) is 10.6. The fourth-order valence-electron chi connectivity index (χ4n) is 2.65. The SMILES string of the molecule is CCCCCCCCC(CCCCCC)CNC(=O)O. The summed E-state index contributed by atoms with van der Waals surface area (Å²) in [6.07, 6.45) is 14.5. The minimum atomic E-state index is -0.883. The van der Waals surface area contributed by atoms with Crippen LogP contribution in [0, 0.1) is 5.92 Å². The molecular weight excluding hydrogens is 250 g/mol. The zero-order chi connectivity index (χ0) is 15.1. The summed E-state index contributed by atoms with van der Waals surface area (Å²) in [5.74, 6) is 0.536. The Morgan fingerprint density at radius 3 is 1.80 bits per heavy atom. The molecule has 0 aromatic carbocycles. The Morgan fingerprint density at radius 1 is 0.850 bits per heavy atom. The van der Waals surface area contributed by atoms with Gasteiger partial charge in [0.05, 0.1) is 0 Å². The van der Waals surface area contributed by atoms with Crippen LogP contribution in [0.2, 0.25) is 0 Å². The van der Waals surface area contributed by atoms with E-state index in [1.807, 2.05) is 0 Å². The fourth-order valence-corrected chi connectivity index (χ4v) is 2.65. The van der Waals surface area contributed by atoms with E-state index in [1.54, 1.807) is 0 Å². The van der Waals surface area contributed by atoms with Gasteiger partial charge in [0.2, 0.25) is 0 Å². The molecule has 0 bridgehead atoms. The molecule has 120 valence electrons. The quantitative estimate of drug-likeness (QED) is 0.409. The molecule has 3 nitrogen and oxygen atoms in total. The molecule has 3 heteroatoms. The van der Waals surface area contributed by atoms with E-state index in [-0.39, 0.29) is 0 Å². The number of amides is 1. The number of rotatable bonds is 14. The third-order valence-electron chi connectivity index (χ3n) is 3.97. The topological polar surface area (TPSA) is 49.3 Å². The van der Waals surface area contributed by atoms with Gasteiger partial charge in [-0.2, -0.15) is 0 Å². The normalized spacial score (nSPS) is 12.3. The van der Waals surface area contributed by atoms with Crippen molar-refractivity contribution in [2.75, 3.05) is 6.54 Å². The minimum absolute atomic E-state index is 0.536. The lowest BCUT2D eigenvalue weighted by Gasteiger charge is -2.16. The molecule has 0 heterocycles. The maximum absolute atomic E-state index is 10.6. The van der Waals surface area contributed by atoms with Gasteiger partial charge in [-0.05, 0) is 18.8 Å². The van der Waals surface area contributed by atoms with E-state index in [2.05, 4.69) is 19.2 Å². The predicted molar refractivity (Wildman–Crippen MR) is 86.3 cm³/mol. The van der Waals surface area contributed by atoms with Gasteiger partial charge < -0.3 is 10.4 Å². The monoisotopic (exact) mass is 285 g/mol.